The van der Waals surface area contributed by atoms with Gasteiger partial charge in [0.1, 0.15) is 0 Å². The summed E-state index contributed by atoms with van der Waals surface area (Å²) in [5.41, 5.74) is 2.40. The van der Waals surface area contributed by atoms with Crippen LogP contribution in [-0.4, -0.2) is 70.9 Å². The molecule has 3 heterocycles. The number of carbonyl (C=O) groups is 1. The van der Waals surface area contributed by atoms with E-state index < -0.39 is 0 Å². The Hall–Kier alpha value is -1.46. The Kier molecular flexibility index (Phi) is 5.85. The molecule has 0 N–H and O–H groups in total. The molecule has 1 amide bonds. The van der Waals surface area contributed by atoms with Crippen LogP contribution in [0.4, 0.5) is 0 Å². The Morgan fingerprint density at radius 2 is 1.88 bits per heavy atom. The number of amides is 1. The molecule has 2 fully saturated rings. The lowest BCUT2D eigenvalue weighted by atomic mass is 10.1. The van der Waals surface area contributed by atoms with Gasteiger partial charge in [0, 0.05) is 38.9 Å². The summed E-state index contributed by atoms with van der Waals surface area (Å²) < 4.78 is 0. The average Bonchev–Trinajstić information content (AvgIpc) is 3.12. The second-order valence-corrected chi connectivity index (χ2v) is 7.04. The first-order valence-corrected chi connectivity index (χ1v) is 9.34. The smallest absolute Gasteiger partial charge is 0.240 e. The first-order valence-electron chi connectivity index (χ1n) is 9.34. The normalized spacial score (nSPS) is 21.2. The van der Waals surface area contributed by atoms with Crippen LogP contribution in [0.3, 0.4) is 0 Å². The van der Waals surface area contributed by atoms with Gasteiger partial charge in [-0.1, -0.05) is 13.0 Å². The fourth-order valence-electron chi connectivity index (χ4n) is 3.88. The van der Waals surface area contributed by atoms with Crippen molar-refractivity contribution in [3.05, 3.63) is 29.6 Å². The quantitative estimate of drug-likeness (QED) is 0.827. The zero-order valence-electron chi connectivity index (χ0n) is 15.1. The van der Waals surface area contributed by atoms with Gasteiger partial charge >= 0.3 is 0 Å². The van der Waals surface area contributed by atoms with E-state index in [9.17, 15) is 4.79 Å². The molecule has 0 spiro atoms. The van der Waals surface area contributed by atoms with Crippen molar-refractivity contribution in [2.75, 3.05) is 39.3 Å². The average molecular weight is 330 g/mol. The van der Waals surface area contributed by atoms with Crippen molar-refractivity contribution in [2.45, 2.75) is 45.7 Å². The lowest BCUT2D eigenvalue weighted by Crippen LogP contribution is -2.54. The van der Waals surface area contributed by atoms with Gasteiger partial charge < -0.3 is 4.90 Å². The second-order valence-electron chi connectivity index (χ2n) is 7.04. The minimum atomic E-state index is 0.0945. The highest BCUT2D eigenvalue weighted by Gasteiger charge is 2.31. The van der Waals surface area contributed by atoms with Crippen LogP contribution in [0, 0.1) is 6.92 Å². The van der Waals surface area contributed by atoms with E-state index in [2.05, 4.69) is 39.6 Å². The van der Waals surface area contributed by atoms with Crippen LogP contribution in [-0.2, 0) is 11.3 Å². The van der Waals surface area contributed by atoms with Crippen molar-refractivity contribution in [2.24, 2.45) is 0 Å². The second kappa shape index (κ2) is 8.08. The third kappa shape index (κ3) is 3.95. The van der Waals surface area contributed by atoms with Gasteiger partial charge in [-0.05, 0) is 50.9 Å². The van der Waals surface area contributed by atoms with Crippen LogP contribution in [0.5, 0.6) is 0 Å². The van der Waals surface area contributed by atoms with E-state index in [0.717, 1.165) is 57.9 Å². The van der Waals surface area contributed by atoms with E-state index in [4.69, 9.17) is 0 Å². The minimum absolute atomic E-state index is 0.0945. The minimum Gasteiger partial charge on any atom is -0.339 e. The van der Waals surface area contributed by atoms with Gasteiger partial charge in [0.25, 0.3) is 0 Å². The van der Waals surface area contributed by atoms with Gasteiger partial charge in [-0.3, -0.25) is 19.6 Å². The highest BCUT2D eigenvalue weighted by molar-refractivity contribution is 5.82. The van der Waals surface area contributed by atoms with Crippen molar-refractivity contribution in [1.82, 2.24) is 19.7 Å². The summed E-state index contributed by atoms with van der Waals surface area (Å²) in [5.74, 6) is 0.341. The molecule has 132 valence electrons. The summed E-state index contributed by atoms with van der Waals surface area (Å²) in [4.78, 5) is 24.3. The maximum Gasteiger partial charge on any atom is 0.240 e. The molecule has 1 aromatic rings. The van der Waals surface area contributed by atoms with Crippen LogP contribution >= 0.6 is 0 Å². The number of hydrogen-bond donors (Lipinski definition) is 0. The molecule has 0 aliphatic carbocycles. The molecular formula is C19H30N4O. The maximum absolute atomic E-state index is 12.9. The number of hydrogen-bond acceptors (Lipinski definition) is 4. The van der Waals surface area contributed by atoms with Crippen LogP contribution in [0.25, 0.3) is 0 Å². The zero-order chi connectivity index (χ0) is 16.9. The van der Waals surface area contributed by atoms with Crippen LogP contribution < -0.4 is 0 Å². The number of piperazine rings is 1. The Balaban J connectivity index is 1.52. The molecule has 1 unspecified atom stereocenters. The van der Waals surface area contributed by atoms with E-state index in [1.54, 1.807) is 0 Å². The summed E-state index contributed by atoms with van der Waals surface area (Å²) in [7, 11) is 0. The standard InChI is InChI=1S/C19H30N4O/c1-3-18(22-9-4-5-10-22)19(24)23-13-11-21(12-14-23)15-17-16(2)7-6-8-20-17/h6-8,18H,3-5,9-15H2,1-2H3. The van der Waals surface area contributed by atoms with Gasteiger partial charge in [-0.2, -0.15) is 0 Å². The summed E-state index contributed by atoms with van der Waals surface area (Å²) >= 11 is 0. The number of nitrogens with zero attached hydrogens (tertiary/aromatic N) is 4. The molecule has 5 nitrogen and oxygen atoms in total. The largest absolute Gasteiger partial charge is 0.339 e. The van der Waals surface area contributed by atoms with Crippen molar-refractivity contribution < 1.29 is 4.79 Å². The van der Waals surface area contributed by atoms with Gasteiger partial charge in [-0.15, -0.1) is 0 Å². The third-order valence-electron chi connectivity index (χ3n) is 5.43. The predicted molar refractivity (Wildman–Crippen MR) is 95.7 cm³/mol. The number of carbonyl (C=O) groups excluding carboxylic acids is 1. The first kappa shape index (κ1) is 17.4. The van der Waals surface area contributed by atoms with Crippen LogP contribution in [0.2, 0.25) is 0 Å². The molecule has 0 bridgehead atoms. The molecule has 2 saturated heterocycles. The topological polar surface area (TPSA) is 39.7 Å². The number of pyridine rings is 1. The highest BCUT2D eigenvalue weighted by Crippen LogP contribution is 2.18. The van der Waals surface area contributed by atoms with Gasteiger partial charge in [0.15, 0.2) is 0 Å². The monoisotopic (exact) mass is 330 g/mol. The number of rotatable bonds is 5. The Bertz CT molecular complexity index is 548. The van der Waals surface area contributed by atoms with E-state index in [1.165, 1.54) is 18.4 Å². The fraction of sp³-hybridized carbons (Fsp3) is 0.684. The van der Waals surface area contributed by atoms with E-state index >= 15 is 0 Å². The molecule has 2 aliphatic heterocycles. The van der Waals surface area contributed by atoms with E-state index in [1.807, 2.05) is 12.3 Å². The molecule has 1 atom stereocenters. The molecule has 0 saturated carbocycles. The van der Waals surface area contributed by atoms with Gasteiger partial charge in [0.05, 0.1) is 11.7 Å². The molecule has 3 rings (SSSR count). The molecule has 24 heavy (non-hydrogen) atoms. The summed E-state index contributed by atoms with van der Waals surface area (Å²) in [6.07, 6.45) is 5.26. The van der Waals surface area contributed by atoms with Crippen molar-refractivity contribution in [3.63, 3.8) is 0 Å². The SMILES string of the molecule is CCC(C(=O)N1CCN(Cc2ncccc2C)CC1)N1CCCC1. The van der Waals surface area contributed by atoms with Crippen molar-refractivity contribution >= 4 is 5.91 Å². The van der Waals surface area contributed by atoms with Gasteiger partial charge in [-0.25, -0.2) is 0 Å². The molecule has 0 radical (unpaired) electrons. The zero-order valence-corrected chi connectivity index (χ0v) is 15.1. The number of aryl methyl sites for hydroxylation is 1. The fourth-order valence-corrected chi connectivity index (χ4v) is 3.88. The Morgan fingerprint density at radius 1 is 1.17 bits per heavy atom. The third-order valence-corrected chi connectivity index (χ3v) is 5.43. The van der Waals surface area contributed by atoms with Gasteiger partial charge in [0.2, 0.25) is 5.91 Å². The summed E-state index contributed by atoms with van der Waals surface area (Å²) in [5, 5.41) is 0. The predicted octanol–water partition coefficient (Wildman–Crippen LogP) is 1.91. The summed E-state index contributed by atoms with van der Waals surface area (Å²) in [6.45, 7) is 10.9. The molecule has 0 aromatic carbocycles. The van der Waals surface area contributed by atoms with Crippen LogP contribution in [0.1, 0.15) is 37.4 Å². The number of aromatic nitrogens is 1. The molecular weight excluding hydrogens is 300 g/mol. The lowest BCUT2D eigenvalue weighted by molar-refractivity contribution is -0.138. The molecule has 5 heteroatoms. The van der Waals surface area contributed by atoms with Crippen molar-refractivity contribution in [1.29, 1.82) is 0 Å². The maximum atomic E-state index is 12.9. The summed E-state index contributed by atoms with van der Waals surface area (Å²) in [6, 6.07) is 4.19. The lowest BCUT2D eigenvalue weighted by Gasteiger charge is -2.38. The van der Waals surface area contributed by atoms with E-state index in [-0.39, 0.29) is 6.04 Å². The first-order chi connectivity index (χ1) is 11.7. The Labute approximate surface area is 145 Å². The van der Waals surface area contributed by atoms with E-state index in [0.29, 0.717) is 5.91 Å². The Morgan fingerprint density at radius 3 is 2.50 bits per heavy atom. The van der Waals surface area contributed by atoms with Crippen LogP contribution in [0.15, 0.2) is 18.3 Å². The van der Waals surface area contributed by atoms with Crippen molar-refractivity contribution in [3.8, 4) is 0 Å². The molecule has 2 aliphatic rings. The molecule has 1 aromatic heterocycles. The highest BCUT2D eigenvalue weighted by atomic mass is 16.2. The number of likely N-dealkylation sites (tertiary alicyclic amines) is 1.